The number of para-hydroxylation sites is 1. The first-order valence-corrected chi connectivity index (χ1v) is 14.9. The Kier molecular flexibility index (Phi) is 8.16. The van der Waals surface area contributed by atoms with Gasteiger partial charge in [0.1, 0.15) is 12.4 Å². The zero-order valence-corrected chi connectivity index (χ0v) is 23.4. The molecule has 0 bridgehead atoms. The van der Waals surface area contributed by atoms with Crippen LogP contribution in [0.2, 0.25) is 0 Å². The van der Waals surface area contributed by atoms with Crippen molar-refractivity contribution in [3.63, 3.8) is 0 Å². The number of halogens is 1. The highest BCUT2D eigenvalue weighted by atomic mass is 32.2. The SMILES string of the molecule is Cc1ccc(S(=O)(=O)N(CC(=O)Nc2ccc(S(=O)(=O)Nc3nc(C)cc(C)n3)cc2)c2ccccc2F)cc1. The molecule has 13 heteroatoms. The Morgan fingerprint density at radius 1 is 0.825 bits per heavy atom. The van der Waals surface area contributed by atoms with Crippen LogP contribution in [0.4, 0.5) is 21.7 Å². The lowest BCUT2D eigenvalue weighted by molar-refractivity contribution is -0.114. The van der Waals surface area contributed by atoms with Crippen molar-refractivity contribution in [1.82, 2.24) is 9.97 Å². The van der Waals surface area contributed by atoms with Gasteiger partial charge in [0.25, 0.3) is 20.0 Å². The van der Waals surface area contributed by atoms with Crippen LogP contribution >= 0.6 is 0 Å². The average molecular weight is 584 g/mol. The molecule has 40 heavy (non-hydrogen) atoms. The summed E-state index contributed by atoms with van der Waals surface area (Å²) in [7, 11) is -8.33. The minimum absolute atomic E-state index is 0.0714. The number of hydrogen-bond acceptors (Lipinski definition) is 7. The molecule has 208 valence electrons. The number of aromatic nitrogens is 2. The van der Waals surface area contributed by atoms with E-state index in [9.17, 15) is 26.0 Å². The average Bonchev–Trinajstić information content (AvgIpc) is 2.87. The highest BCUT2D eigenvalue weighted by Gasteiger charge is 2.29. The molecule has 0 saturated carbocycles. The fourth-order valence-electron chi connectivity index (χ4n) is 3.79. The summed E-state index contributed by atoms with van der Waals surface area (Å²) in [5.41, 5.74) is 1.93. The molecule has 0 unspecified atom stereocenters. The zero-order chi connectivity index (χ0) is 29.1. The number of hydrogen-bond donors (Lipinski definition) is 2. The predicted octanol–water partition coefficient (Wildman–Crippen LogP) is 4.18. The van der Waals surface area contributed by atoms with Crippen molar-refractivity contribution in [1.29, 1.82) is 0 Å². The molecule has 10 nitrogen and oxygen atoms in total. The molecule has 4 rings (SSSR count). The molecule has 1 amide bonds. The smallest absolute Gasteiger partial charge is 0.264 e. The van der Waals surface area contributed by atoms with Crippen molar-refractivity contribution in [3.8, 4) is 0 Å². The number of anilines is 3. The molecule has 4 aromatic rings. The minimum Gasteiger partial charge on any atom is -0.325 e. The Balaban J connectivity index is 1.54. The second kappa shape index (κ2) is 11.4. The third-order valence-corrected chi connectivity index (χ3v) is 8.79. The van der Waals surface area contributed by atoms with E-state index in [2.05, 4.69) is 20.0 Å². The van der Waals surface area contributed by atoms with Crippen LogP contribution in [0.15, 0.2) is 88.7 Å². The molecule has 0 aliphatic carbocycles. The van der Waals surface area contributed by atoms with Gasteiger partial charge in [0.2, 0.25) is 11.9 Å². The quantitative estimate of drug-likeness (QED) is 0.302. The molecule has 0 aliphatic heterocycles. The summed E-state index contributed by atoms with van der Waals surface area (Å²) >= 11 is 0. The number of carbonyl (C=O) groups is 1. The molecular weight excluding hydrogens is 557 g/mol. The normalized spacial score (nSPS) is 11.6. The van der Waals surface area contributed by atoms with Gasteiger partial charge < -0.3 is 5.32 Å². The number of aryl methyl sites for hydroxylation is 3. The summed E-state index contributed by atoms with van der Waals surface area (Å²) in [6, 6.07) is 18.1. The van der Waals surface area contributed by atoms with Crippen LogP contribution in [-0.2, 0) is 24.8 Å². The van der Waals surface area contributed by atoms with Gasteiger partial charge in [-0.1, -0.05) is 29.8 Å². The Labute approximate surface area is 232 Å². The lowest BCUT2D eigenvalue weighted by Crippen LogP contribution is -2.38. The van der Waals surface area contributed by atoms with E-state index in [1.165, 1.54) is 54.6 Å². The van der Waals surface area contributed by atoms with Crippen LogP contribution < -0.4 is 14.3 Å². The first kappa shape index (κ1) is 28.6. The molecule has 2 N–H and O–H groups in total. The first-order valence-electron chi connectivity index (χ1n) is 11.9. The molecule has 0 radical (unpaired) electrons. The molecule has 1 aromatic heterocycles. The fourth-order valence-corrected chi connectivity index (χ4v) is 6.16. The van der Waals surface area contributed by atoms with Gasteiger partial charge in [-0.05, 0) is 75.4 Å². The Morgan fingerprint density at radius 2 is 1.40 bits per heavy atom. The minimum atomic E-state index is -4.31. The zero-order valence-electron chi connectivity index (χ0n) is 21.8. The van der Waals surface area contributed by atoms with Gasteiger partial charge in [-0.25, -0.2) is 35.9 Å². The standard InChI is InChI=1S/C27H26FN5O5S2/c1-18-8-12-23(13-9-18)40(37,38)33(25-7-5-4-6-24(25)28)17-26(34)31-21-10-14-22(15-11-21)39(35,36)32-27-29-19(2)16-20(3)30-27/h4-16H,17H2,1-3H3,(H,31,34)(H,29,30,32). The molecule has 0 aliphatic rings. The largest absolute Gasteiger partial charge is 0.325 e. The van der Waals surface area contributed by atoms with E-state index >= 15 is 0 Å². The van der Waals surface area contributed by atoms with Crippen LogP contribution in [0.3, 0.4) is 0 Å². The monoisotopic (exact) mass is 583 g/mol. The maximum atomic E-state index is 14.7. The highest BCUT2D eigenvalue weighted by Crippen LogP contribution is 2.27. The number of benzene rings is 3. The summed E-state index contributed by atoms with van der Waals surface area (Å²) in [6.45, 7) is 4.48. The molecule has 0 atom stereocenters. The summed E-state index contributed by atoms with van der Waals surface area (Å²) in [6.07, 6.45) is 0. The van der Waals surface area contributed by atoms with Gasteiger partial charge in [0, 0.05) is 17.1 Å². The number of carbonyl (C=O) groups excluding carboxylic acids is 1. The van der Waals surface area contributed by atoms with E-state index in [1.54, 1.807) is 39.0 Å². The van der Waals surface area contributed by atoms with Crippen LogP contribution in [0, 0.1) is 26.6 Å². The van der Waals surface area contributed by atoms with Gasteiger partial charge in [-0.2, -0.15) is 0 Å². The van der Waals surface area contributed by atoms with Gasteiger partial charge in [-0.15, -0.1) is 0 Å². The highest BCUT2D eigenvalue weighted by molar-refractivity contribution is 7.93. The van der Waals surface area contributed by atoms with Crippen molar-refractivity contribution in [2.75, 3.05) is 20.9 Å². The molecule has 1 heterocycles. The van der Waals surface area contributed by atoms with Crippen LogP contribution in [0.1, 0.15) is 17.0 Å². The van der Waals surface area contributed by atoms with Crippen molar-refractivity contribution < 1.29 is 26.0 Å². The molecule has 0 spiro atoms. The first-order chi connectivity index (χ1) is 18.8. The molecule has 0 saturated heterocycles. The summed E-state index contributed by atoms with van der Waals surface area (Å²) < 4.78 is 70.1. The van der Waals surface area contributed by atoms with E-state index in [1.807, 2.05) is 0 Å². The molecule has 3 aromatic carbocycles. The van der Waals surface area contributed by atoms with Gasteiger partial charge >= 0.3 is 0 Å². The van der Waals surface area contributed by atoms with Crippen molar-refractivity contribution in [2.24, 2.45) is 0 Å². The summed E-state index contributed by atoms with van der Waals surface area (Å²) in [5.74, 6) is -1.66. The van der Waals surface area contributed by atoms with Crippen LogP contribution in [0.25, 0.3) is 0 Å². The number of nitrogens with one attached hydrogen (secondary N) is 2. The van der Waals surface area contributed by atoms with Gasteiger partial charge in [0.05, 0.1) is 15.5 Å². The Bertz CT molecular complexity index is 1740. The van der Waals surface area contributed by atoms with Gasteiger partial charge in [0.15, 0.2) is 0 Å². The fraction of sp³-hybridized carbons (Fsp3) is 0.148. The third-order valence-electron chi connectivity index (χ3n) is 5.67. The van der Waals surface area contributed by atoms with E-state index in [4.69, 9.17) is 0 Å². The van der Waals surface area contributed by atoms with Crippen molar-refractivity contribution in [3.05, 3.63) is 102 Å². The Hall–Kier alpha value is -4.36. The number of rotatable bonds is 9. The van der Waals surface area contributed by atoms with E-state index < -0.39 is 38.3 Å². The summed E-state index contributed by atoms with van der Waals surface area (Å²) in [5, 5.41) is 2.53. The van der Waals surface area contributed by atoms with Crippen molar-refractivity contribution in [2.45, 2.75) is 30.6 Å². The van der Waals surface area contributed by atoms with Crippen LogP contribution in [-0.4, -0.2) is 39.3 Å². The van der Waals surface area contributed by atoms with E-state index in [-0.39, 0.29) is 27.1 Å². The summed E-state index contributed by atoms with van der Waals surface area (Å²) in [4.78, 5) is 20.9. The van der Waals surface area contributed by atoms with E-state index in [0.29, 0.717) is 15.7 Å². The number of nitrogens with zero attached hydrogens (tertiary/aromatic N) is 3. The van der Waals surface area contributed by atoms with Crippen LogP contribution in [0.5, 0.6) is 0 Å². The second-order valence-electron chi connectivity index (χ2n) is 8.93. The van der Waals surface area contributed by atoms with Gasteiger partial charge in [-0.3, -0.25) is 9.10 Å². The van der Waals surface area contributed by atoms with Crippen molar-refractivity contribution >= 4 is 43.3 Å². The van der Waals surface area contributed by atoms with E-state index in [0.717, 1.165) is 11.6 Å². The second-order valence-corrected chi connectivity index (χ2v) is 12.5. The predicted molar refractivity (Wildman–Crippen MR) is 149 cm³/mol. The molecule has 0 fully saturated rings. The topological polar surface area (TPSA) is 138 Å². The third kappa shape index (κ3) is 6.61. The maximum absolute atomic E-state index is 14.7. The Morgan fingerprint density at radius 3 is 2.00 bits per heavy atom. The number of amides is 1. The molecular formula is C27H26FN5O5S2. The maximum Gasteiger partial charge on any atom is 0.264 e. The number of sulfonamides is 2. The lowest BCUT2D eigenvalue weighted by atomic mass is 10.2. The lowest BCUT2D eigenvalue weighted by Gasteiger charge is -2.24.